The highest BCUT2D eigenvalue weighted by Gasteiger charge is 2.18. The van der Waals surface area contributed by atoms with E-state index < -0.39 is 18.0 Å². The summed E-state index contributed by atoms with van der Waals surface area (Å²) in [5.74, 6) is -1.18. The smallest absolute Gasteiger partial charge is 0.346 e. The Hall–Kier alpha value is -2.04. The van der Waals surface area contributed by atoms with Crippen molar-refractivity contribution in [3.05, 3.63) is 29.8 Å². The summed E-state index contributed by atoms with van der Waals surface area (Å²) in [5, 5.41) is 0. The van der Waals surface area contributed by atoms with Crippen molar-refractivity contribution in [2.75, 3.05) is 12.8 Å². The largest absolute Gasteiger partial charge is 0.466 e. The molecule has 2 N–H and O–H groups in total. The van der Waals surface area contributed by atoms with Crippen molar-refractivity contribution in [1.29, 1.82) is 0 Å². The van der Waals surface area contributed by atoms with E-state index in [0.29, 0.717) is 11.3 Å². The molecule has 86 valence electrons. The zero-order valence-corrected chi connectivity index (χ0v) is 9.10. The quantitative estimate of drug-likeness (QED) is 0.610. The maximum atomic E-state index is 11.5. The molecule has 0 saturated heterocycles. The molecule has 5 heteroatoms. The Morgan fingerprint density at radius 2 is 1.81 bits per heavy atom. The third kappa shape index (κ3) is 2.98. The molecule has 0 aliphatic rings. The van der Waals surface area contributed by atoms with Gasteiger partial charge in [0.1, 0.15) is 0 Å². The van der Waals surface area contributed by atoms with Crippen LogP contribution in [0.3, 0.4) is 0 Å². The van der Waals surface area contributed by atoms with Gasteiger partial charge in [-0.1, -0.05) is 0 Å². The number of esters is 2. The van der Waals surface area contributed by atoms with Gasteiger partial charge in [0.05, 0.1) is 12.7 Å². The van der Waals surface area contributed by atoms with Crippen molar-refractivity contribution in [1.82, 2.24) is 0 Å². The molecule has 1 rings (SSSR count). The molecule has 0 fully saturated rings. The first-order valence-electron chi connectivity index (χ1n) is 4.69. The Morgan fingerprint density at radius 3 is 2.31 bits per heavy atom. The zero-order chi connectivity index (χ0) is 12.1. The third-order valence-electron chi connectivity index (χ3n) is 1.96. The highest BCUT2D eigenvalue weighted by molar-refractivity contribution is 5.91. The number of hydrogen-bond donors (Lipinski definition) is 1. The van der Waals surface area contributed by atoms with Gasteiger partial charge in [0.2, 0.25) is 0 Å². The summed E-state index contributed by atoms with van der Waals surface area (Å²) in [6, 6.07) is 6.22. The molecule has 0 aromatic heterocycles. The van der Waals surface area contributed by atoms with Crippen LogP contribution in [0.2, 0.25) is 0 Å². The van der Waals surface area contributed by atoms with Crippen molar-refractivity contribution in [3.8, 4) is 0 Å². The number of ether oxygens (including phenoxy) is 2. The lowest BCUT2D eigenvalue weighted by atomic mass is 10.2. The second kappa shape index (κ2) is 5.16. The van der Waals surface area contributed by atoms with Gasteiger partial charge in [-0.05, 0) is 31.2 Å². The zero-order valence-electron chi connectivity index (χ0n) is 9.10. The van der Waals surface area contributed by atoms with Crippen LogP contribution >= 0.6 is 0 Å². The molecule has 0 radical (unpaired) electrons. The van der Waals surface area contributed by atoms with Gasteiger partial charge in [0.25, 0.3) is 0 Å². The number of anilines is 1. The van der Waals surface area contributed by atoms with E-state index in [1.807, 2.05) is 0 Å². The van der Waals surface area contributed by atoms with E-state index in [4.69, 9.17) is 10.5 Å². The minimum absolute atomic E-state index is 0.338. The Kier molecular flexibility index (Phi) is 3.88. The average Bonchev–Trinajstić information content (AvgIpc) is 2.28. The molecule has 0 spiro atoms. The van der Waals surface area contributed by atoms with Crippen molar-refractivity contribution < 1.29 is 19.1 Å². The van der Waals surface area contributed by atoms with Crippen LogP contribution < -0.4 is 5.73 Å². The van der Waals surface area contributed by atoms with Crippen LogP contribution in [-0.2, 0) is 14.3 Å². The standard InChI is InChI=1S/C11H13NO4/c1-7(10(13)15-2)16-11(14)8-3-5-9(12)6-4-8/h3-7H,12H2,1-2H3. The average molecular weight is 223 g/mol. The molecular formula is C11H13NO4. The minimum Gasteiger partial charge on any atom is -0.466 e. The molecule has 0 bridgehead atoms. The molecule has 0 amide bonds. The molecule has 1 aromatic rings. The fraction of sp³-hybridized carbons (Fsp3) is 0.273. The minimum atomic E-state index is -0.921. The summed E-state index contributed by atoms with van der Waals surface area (Å²) in [4.78, 5) is 22.5. The maximum Gasteiger partial charge on any atom is 0.346 e. The first-order chi connectivity index (χ1) is 7.54. The molecule has 0 aliphatic carbocycles. The summed E-state index contributed by atoms with van der Waals surface area (Å²) in [6.45, 7) is 1.45. The Morgan fingerprint density at radius 1 is 1.25 bits per heavy atom. The highest BCUT2D eigenvalue weighted by atomic mass is 16.6. The van der Waals surface area contributed by atoms with Gasteiger partial charge in [-0.3, -0.25) is 0 Å². The molecule has 1 aromatic carbocycles. The Balaban J connectivity index is 2.65. The van der Waals surface area contributed by atoms with Gasteiger partial charge in [0, 0.05) is 5.69 Å². The summed E-state index contributed by atoms with van der Waals surface area (Å²) in [7, 11) is 1.23. The van der Waals surface area contributed by atoms with E-state index in [9.17, 15) is 9.59 Å². The lowest BCUT2D eigenvalue weighted by Gasteiger charge is -2.10. The maximum absolute atomic E-state index is 11.5. The molecule has 1 unspecified atom stereocenters. The lowest BCUT2D eigenvalue weighted by molar-refractivity contribution is -0.149. The van der Waals surface area contributed by atoms with Crippen LogP contribution in [0, 0.1) is 0 Å². The molecule has 1 atom stereocenters. The van der Waals surface area contributed by atoms with Gasteiger partial charge in [-0.25, -0.2) is 9.59 Å². The Labute approximate surface area is 93.1 Å². The van der Waals surface area contributed by atoms with Crippen molar-refractivity contribution >= 4 is 17.6 Å². The first-order valence-corrected chi connectivity index (χ1v) is 4.69. The fourth-order valence-corrected chi connectivity index (χ4v) is 1.06. The number of nitrogen functional groups attached to an aromatic ring is 1. The number of hydrogen-bond acceptors (Lipinski definition) is 5. The Bertz CT molecular complexity index is 385. The third-order valence-corrected chi connectivity index (χ3v) is 1.96. The number of nitrogens with two attached hydrogens (primary N) is 1. The summed E-state index contributed by atoms with van der Waals surface area (Å²) in [5.41, 5.74) is 6.36. The summed E-state index contributed by atoms with van der Waals surface area (Å²) >= 11 is 0. The van der Waals surface area contributed by atoms with Crippen LogP contribution in [-0.4, -0.2) is 25.2 Å². The van der Waals surface area contributed by atoms with Gasteiger partial charge in [-0.2, -0.15) is 0 Å². The molecule has 16 heavy (non-hydrogen) atoms. The molecule has 0 saturated carbocycles. The number of benzene rings is 1. The van der Waals surface area contributed by atoms with E-state index >= 15 is 0 Å². The van der Waals surface area contributed by atoms with Gasteiger partial charge in [-0.15, -0.1) is 0 Å². The number of carbonyl (C=O) groups excluding carboxylic acids is 2. The number of rotatable bonds is 3. The number of methoxy groups -OCH3 is 1. The molecule has 0 aliphatic heterocycles. The first kappa shape index (κ1) is 12.0. The second-order valence-corrected chi connectivity index (χ2v) is 3.19. The van der Waals surface area contributed by atoms with E-state index in [2.05, 4.69) is 4.74 Å². The fourth-order valence-electron chi connectivity index (χ4n) is 1.06. The van der Waals surface area contributed by atoms with Crippen LogP contribution in [0.1, 0.15) is 17.3 Å². The van der Waals surface area contributed by atoms with Crippen LogP contribution in [0.15, 0.2) is 24.3 Å². The van der Waals surface area contributed by atoms with E-state index in [-0.39, 0.29) is 0 Å². The van der Waals surface area contributed by atoms with Crippen molar-refractivity contribution in [3.63, 3.8) is 0 Å². The SMILES string of the molecule is COC(=O)C(C)OC(=O)c1ccc(N)cc1. The molecule has 0 heterocycles. The number of carbonyl (C=O) groups is 2. The monoisotopic (exact) mass is 223 g/mol. The second-order valence-electron chi connectivity index (χ2n) is 3.19. The normalized spacial score (nSPS) is 11.6. The molecular weight excluding hydrogens is 210 g/mol. The van der Waals surface area contributed by atoms with Gasteiger partial charge in [0.15, 0.2) is 6.10 Å². The summed E-state index contributed by atoms with van der Waals surface area (Å²) < 4.78 is 9.31. The highest BCUT2D eigenvalue weighted by Crippen LogP contribution is 2.08. The van der Waals surface area contributed by atoms with Crippen LogP contribution in [0.4, 0.5) is 5.69 Å². The van der Waals surface area contributed by atoms with E-state index in [1.165, 1.54) is 26.2 Å². The summed E-state index contributed by atoms with van der Waals surface area (Å²) in [6.07, 6.45) is -0.921. The van der Waals surface area contributed by atoms with Gasteiger partial charge >= 0.3 is 11.9 Å². The van der Waals surface area contributed by atoms with Crippen LogP contribution in [0.5, 0.6) is 0 Å². The van der Waals surface area contributed by atoms with E-state index in [1.54, 1.807) is 12.1 Å². The lowest BCUT2D eigenvalue weighted by Crippen LogP contribution is -2.25. The van der Waals surface area contributed by atoms with E-state index in [0.717, 1.165) is 0 Å². The van der Waals surface area contributed by atoms with Gasteiger partial charge < -0.3 is 15.2 Å². The van der Waals surface area contributed by atoms with Crippen molar-refractivity contribution in [2.45, 2.75) is 13.0 Å². The van der Waals surface area contributed by atoms with Crippen LogP contribution in [0.25, 0.3) is 0 Å². The predicted molar refractivity (Wildman–Crippen MR) is 57.7 cm³/mol. The molecule has 5 nitrogen and oxygen atoms in total. The topological polar surface area (TPSA) is 78.6 Å². The predicted octanol–water partition coefficient (Wildman–Crippen LogP) is 0.987. The van der Waals surface area contributed by atoms with Crippen molar-refractivity contribution in [2.24, 2.45) is 0 Å².